The fourth-order valence-corrected chi connectivity index (χ4v) is 4.89. The summed E-state index contributed by atoms with van der Waals surface area (Å²) in [6, 6.07) is 30.4. The first-order chi connectivity index (χ1) is 20.8. The van der Waals surface area contributed by atoms with Crippen LogP contribution < -0.4 is 15.0 Å². The van der Waals surface area contributed by atoms with Crippen LogP contribution in [0, 0.1) is 0 Å². The molecule has 1 heterocycles. The molecule has 0 amide bonds. The SMILES string of the molecule is COc1cccc(C=Nn2c(-c3cccc(C(F)(F)F)c3)nc3ccccc3c2=O)c1OCc1cccc2ccccc12. The zero-order valence-electron chi connectivity index (χ0n) is 22.9. The number of fused-ring (bicyclic) bond motifs is 2. The molecule has 214 valence electrons. The Kier molecular flexibility index (Phi) is 7.38. The number of benzene rings is 5. The molecule has 6 nitrogen and oxygen atoms in total. The summed E-state index contributed by atoms with van der Waals surface area (Å²) in [6.07, 6.45) is -3.16. The van der Waals surface area contributed by atoms with Gasteiger partial charge in [0, 0.05) is 11.1 Å². The highest BCUT2D eigenvalue weighted by Crippen LogP contribution is 2.33. The number of halogens is 3. The van der Waals surface area contributed by atoms with E-state index >= 15 is 0 Å². The predicted molar refractivity (Wildman–Crippen MR) is 161 cm³/mol. The predicted octanol–water partition coefficient (Wildman–Crippen LogP) is 7.71. The summed E-state index contributed by atoms with van der Waals surface area (Å²) in [5.41, 5.74) is 0.498. The highest BCUT2D eigenvalue weighted by molar-refractivity contribution is 5.87. The van der Waals surface area contributed by atoms with Gasteiger partial charge >= 0.3 is 6.18 Å². The second-order valence-electron chi connectivity index (χ2n) is 9.70. The van der Waals surface area contributed by atoms with Crippen LogP contribution in [0.4, 0.5) is 13.2 Å². The van der Waals surface area contributed by atoms with Gasteiger partial charge in [-0.05, 0) is 52.7 Å². The van der Waals surface area contributed by atoms with Crippen molar-refractivity contribution in [2.45, 2.75) is 12.8 Å². The fourth-order valence-electron chi connectivity index (χ4n) is 4.89. The molecule has 6 rings (SSSR count). The number of alkyl halides is 3. The third-order valence-electron chi connectivity index (χ3n) is 7.00. The Morgan fingerprint density at radius 2 is 1.58 bits per heavy atom. The molecule has 0 aliphatic rings. The van der Waals surface area contributed by atoms with Gasteiger partial charge in [0.05, 0.1) is 29.8 Å². The summed E-state index contributed by atoms with van der Waals surface area (Å²) < 4.78 is 53.4. The molecule has 0 bridgehead atoms. The van der Waals surface area contributed by atoms with Crippen LogP contribution in [0.1, 0.15) is 16.7 Å². The summed E-state index contributed by atoms with van der Waals surface area (Å²) in [5, 5.41) is 6.84. The average Bonchev–Trinajstić information content (AvgIpc) is 3.03. The van der Waals surface area contributed by atoms with Crippen molar-refractivity contribution in [1.29, 1.82) is 0 Å². The summed E-state index contributed by atoms with van der Waals surface area (Å²) in [4.78, 5) is 18.1. The van der Waals surface area contributed by atoms with E-state index in [4.69, 9.17) is 9.47 Å². The first-order valence-electron chi connectivity index (χ1n) is 13.3. The van der Waals surface area contributed by atoms with Gasteiger partial charge in [0.15, 0.2) is 17.3 Å². The first-order valence-corrected chi connectivity index (χ1v) is 13.3. The van der Waals surface area contributed by atoms with E-state index in [-0.39, 0.29) is 23.4 Å². The van der Waals surface area contributed by atoms with Crippen LogP contribution >= 0.6 is 0 Å². The number of hydrogen-bond donors (Lipinski definition) is 0. The third-order valence-corrected chi connectivity index (χ3v) is 7.00. The number of rotatable bonds is 7. The Labute approximate surface area is 244 Å². The van der Waals surface area contributed by atoms with Gasteiger partial charge in [-0.1, -0.05) is 72.8 Å². The van der Waals surface area contributed by atoms with Gasteiger partial charge in [-0.15, -0.1) is 0 Å². The van der Waals surface area contributed by atoms with Crippen LogP contribution in [0.25, 0.3) is 33.1 Å². The first kappa shape index (κ1) is 27.7. The van der Waals surface area contributed by atoms with Crippen LogP contribution in [0.5, 0.6) is 11.5 Å². The maximum Gasteiger partial charge on any atom is 0.416 e. The highest BCUT2D eigenvalue weighted by Gasteiger charge is 2.31. The number of ether oxygens (including phenoxy) is 2. The van der Waals surface area contributed by atoms with Gasteiger partial charge in [0.2, 0.25) is 0 Å². The summed E-state index contributed by atoms with van der Waals surface area (Å²) in [5.74, 6) is 0.808. The Morgan fingerprint density at radius 1 is 0.860 bits per heavy atom. The summed E-state index contributed by atoms with van der Waals surface area (Å²) in [6.45, 7) is 0.232. The monoisotopic (exact) mass is 579 g/mol. The molecule has 0 unspecified atom stereocenters. The van der Waals surface area contributed by atoms with Crippen molar-refractivity contribution in [1.82, 2.24) is 9.66 Å². The quantitative estimate of drug-likeness (QED) is 0.182. The van der Waals surface area contributed by atoms with Gasteiger partial charge in [-0.2, -0.15) is 22.9 Å². The molecular weight excluding hydrogens is 555 g/mol. The van der Waals surface area contributed by atoms with E-state index in [1.807, 2.05) is 42.5 Å². The molecule has 0 aliphatic carbocycles. The second kappa shape index (κ2) is 11.4. The van der Waals surface area contributed by atoms with E-state index in [0.717, 1.165) is 33.1 Å². The molecule has 6 aromatic rings. The van der Waals surface area contributed by atoms with Crippen LogP contribution in [0.2, 0.25) is 0 Å². The maximum atomic E-state index is 13.6. The highest BCUT2D eigenvalue weighted by atomic mass is 19.4. The molecule has 0 spiro atoms. The molecule has 43 heavy (non-hydrogen) atoms. The van der Waals surface area contributed by atoms with Gasteiger partial charge in [-0.3, -0.25) is 4.79 Å². The zero-order chi connectivity index (χ0) is 30.0. The van der Waals surface area contributed by atoms with Crippen molar-refractivity contribution in [3.05, 3.63) is 136 Å². The molecule has 0 saturated carbocycles. The molecule has 0 fully saturated rings. The molecule has 0 radical (unpaired) electrons. The number of methoxy groups -OCH3 is 1. The van der Waals surface area contributed by atoms with E-state index in [1.165, 1.54) is 25.5 Å². The lowest BCUT2D eigenvalue weighted by atomic mass is 10.1. The maximum absolute atomic E-state index is 13.6. The Bertz CT molecular complexity index is 2050. The Hall–Kier alpha value is -5.44. The van der Waals surface area contributed by atoms with Crippen LogP contribution in [0.3, 0.4) is 0 Å². The molecule has 0 N–H and O–H groups in total. The van der Waals surface area contributed by atoms with E-state index < -0.39 is 17.3 Å². The Balaban J connectivity index is 1.44. The lowest BCUT2D eigenvalue weighted by Crippen LogP contribution is -2.20. The van der Waals surface area contributed by atoms with Crippen LogP contribution in [-0.4, -0.2) is 23.0 Å². The van der Waals surface area contributed by atoms with E-state index in [1.54, 1.807) is 42.5 Å². The van der Waals surface area contributed by atoms with Crippen molar-refractivity contribution in [2.75, 3.05) is 7.11 Å². The molecule has 9 heteroatoms. The third kappa shape index (κ3) is 5.57. The Morgan fingerprint density at radius 3 is 2.40 bits per heavy atom. The van der Waals surface area contributed by atoms with Gasteiger partial charge in [-0.25, -0.2) is 4.98 Å². The van der Waals surface area contributed by atoms with E-state index in [0.29, 0.717) is 22.6 Å². The minimum atomic E-state index is -4.57. The summed E-state index contributed by atoms with van der Waals surface area (Å²) in [7, 11) is 1.52. The average molecular weight is 580 g/mol. The second-order valence-corrected chi connectivity index (χ2v) is 9.70. The lowest BCUT2D eigenvalue weighted by molar-refractivity contribution is -0.137. The normalized spacial score (nSPS) is 11.8. The van der Waals surface area contributed by atoms with Crippen molar-refractivity contribution >= 4 is 27.9 Å². The van der Waals surface area contributed by atoms with Crippen molar-refractivity contribution in [3.8, 4) is 22.9 Å². The molecule has 0 atom stereocenters. The van der Waals surface area contributed by atoms with E-state index in [2.05, 4.69) is 10.1 Å². The smallest absolute Gasteiger partial charge is 0.416 e. The van der Waals surface area contributed by atoms with Crippen molar-refractivity contribution in [2.24, 2.45) is 5.10 Å². The minimum Gasteiger partial charge on any atom is -0.493 e. The lowest BCUT2D eigenvalue weighted by Gasteiger charge is -2.15. The number of aromatic nitrogens is 2. The van der Waals surface area contributed by atoms with Crippen LogP contribution in [-0.2, 0) is 12.8 Å². The van der Waals surface area contributed by atoms with Gasteiger partial charge in [0.1, 0.15) is 6.61 Å². The van der Waals surface area contributed by atoms with Gasteiger partial charge in [0.25, 0.3) is 5.56 Å². The standard InChI is InChI=1S/C34H24F3N3O3/c1-42-30-18-8-12-24(31(30)43-21-25-13-6-10-22-9-2-3-15-27(22)25)20-38-40-32(23-11-7-14-26(19-23)34(35,36)37)39-29-17-5-4-16-28(29)33(40)41/h2-20H,21H2,1H3. The number of para-hydroxylation sites is 2. The van der Waals surface area contributed by atoms with E-state index in [9.17, 15) is 18.0 Å². The number of hydrogen-bond acceptors (Lipinski definition) is 5. The molecular formula is C34H24F3N3O3. The minimum absolute atomic E-state index is 0.0350. The largest absolute Gasteiger partial charge is 0.493 e. The molecule has 0 saturated heterocycles. The molecule has 0 aliphatic heterocycles. The van der Waals surface area contributed by atoms with Gasteiger partial charge < -0.3 is 9.47 Å². The van der Waals surface area contributed by atoms with Crippen molar-refractivity contribution in [3.63, 3.8) is 0 Å². The topological polar surface area (TPSA) is 65.7 Å². The van der Waals surface area contributed by atoms with Crippen LogP contribution in [0.15, 0.2) is 119 Å². The zero-order valence-corrected chi connectivity index (χ0v) is 22.9. The molecule has 5 aromatic carbocycles. The fraction of sp³-hybridized carbons (Fsp3) is 0.0882. The molecule has 1 aromatic heterocycles. The van der Waals surface area contributed by atoms with Crippen molar-refractivity contribution < 1.29 is 22.6 Å². The number of nitrogens with zero attached hydrogens (tertiary/aromatic N) is 3. The summed E-state index contributed by atoms with van der Waals surface area (Å²) >= 11 is 0.